The van der Waals surface area contributed by atoms with Gasteiger partial charge in [0.25, 0.3) is 0 Å². The molecule has 2 fully saturated rings. The van der Waals surface area contributed by atoms with E-state index < -0.39 is 11.5 Å². The molecule has 0 amide bonds. The molecule has 0 spiro atoms. The number of hydrogen-bond donors (Lipinski definition) is 2. The monoisotopic (exact) mass is 211 g/mol. The van der Waals surface area contributed by atoms with E-state index in [-0.39, 0.29) is 0 Å². The molecule has 0 aliphatic heterocycles. The Labute approximate surface area is 91.2 Å². The third-order valence-electron chi connectivity index (χ3n) is 4.14. The summed E-state index contributed by atoms with van der Waals surface area (Å²) < 4.78 is 0. The summed E-state index contributed by atoms with van der Waals surface area (Å²) in [6, 6.07) is 0.474. The van der Waals surface area contributed by atoms with Crippen LogP contribution in [0.2, 0.25) is 0 Å². The zero-order chi connectivity index (χ0) is 11.1. The van der Waals surface area contributed by atoms with Crippen molar-refractivity contribution in [3.05, 3.63) is 0 Å². The molecule has 0 aromatic rings. The highest BCUT2D eigenvalue weighted by Gasteiger charge is 2.46. The second kappa shape index (κ2) is 3.78. The normalized spacial score (nSPS) is 41.5. The van der Waals surface area contributed by atoms with Crippen molar-refractivity contribution < 1.29 is 9.90 Å². The molecular formula is C12H21NO2. The molecule has 2 N–H and O–H groups in total. The molecule has 2 aliphatic rings. The van der Waals surface area contributed by atoms with Crippen molar-refractivity contribution in [1.29, 1.82) is 0 Å². The largest absolute Gasteiger partial charge is 0.480 e. The molecule has 2 aliphatic carbocycles. The molecule has 0 bridgehead atoms. The Hall–Kier alpha value is -0.570. The summed E-state index contributed by atoms with van der Waals surface area (Å²) in [5, 5.41) is 12.8. The minimum absolute atomic E-state index is 0.474. The lowest BCUT2D eigenvalue weighted by Gasteiger charge is -2.40. The van der Waals surface area contributed by atoms with Gasteiger partial charge in [-0.25, -0.2) is 0 Å². The SMILES string of the molecule is CC1CCC(NC2CC2)(C(=O)O)CC1C. The van der Waals surface area contributed by atoms with E-state index in [1.165, 1.54) is 0 Å². The maximum atomic E-state index is 11.4. The molecule has 0 aromatic carbocycles. The van der Waals surface area contributed by atoms with E-state index in [4.69, 9.17) is 0 Å². The van der Waals surface area contributed by atoms with E-state index in [2.05, 4.69) is 19.2 Å². The first-order valence-electron chi connectivity index (χ1n) is 6.04. The second-order valence-electron chi connectivity index (χ2n) is 5.50. The van der Waals surface area contributed by atoms with Crippen LogP contribution in [0.4, 0.5) is 0 Å². The summed E-state index contributed by atoms with van der Waals surface area (Å²) in [7, 11) is 0. The third-order valence-corrected chi connectivity index (χ3v) is 4.14. The van der Waals surface area contributed by atoms with Gasteiger partial charge in [0.05, 0.1) is 0 Å². The summed E-state index contributed by atoms with van der Waals surface area (Å²) in [5.41, 5.74) is -0.618. The van der Waals surface area contributed by atoms with Gasteiger partial charge in [-0.2, -0.15) is 0 Å². The van der Waals surface area contributed by atoms with Crippen LogP contribution in [-0.2, 0) is 4.79 Å². The molecule has 3 atom stereocenters. The van der Waals surface area contributed by atoms with Gasteiger partial charge in [0, 0.05) is 6.04 Å². The van der Waals surface area contributed by atoms with Gasteiger partial charge in [-0.3, -0.25) is 10.1 Å². The standard InChI is InChI=1S/C12H21NO2/c1-8-5-6-12(11(14)15,7-9(8)2)13-10-3-4-10/h8-10,13H,3-7H2,1-2H3,(H,14,15). The summed E-state index contributed by atoms with van der Waals surface area (Å²) >= 11 is 0. The zero-order valence-corrected chi connectivity index (χ0v) is 9.62. The Morgan fingerprint density at radius 1 is 1.27 bits per heavy atom. The highest BCUT2D eigenvalue weighted by Crippen LogP contribution is 2.38. The Kier molecular flexibility index (Phi) is 2.75. The van der Waals surface area contributed by atoms with Crippen LogP contribution in [0.1, 0.15) is 46.0 Å². The maximum absolute atomic E-state index is 11.4. The predicted molar refractivity (Wildman–Crippen MR) is 58.7 cm³/mol. The quantitative estimate of drug-likeness (QED) is 0.751. The van der Waals surface area contributed by atoms with Gasteiger partial charge < -0.3 is 5.11 Å². The van der Waals surface area contributed by atoms with Crippen molar-refractivity contribution >= 4 is 5.97 Å². The molecule has 3 nitrogen and oxygen atoms in total. The van der Waals surface area contributed by atoms with E-state index in [1.54, 1.807) is 0 Å². The van der Waals surface area contributed by atoms with Gasteiger partial charge >= 0.3 is 5.97 Å². The first-order valence-corrected chi connectivity index (χ1v) is 6.04. The highest BCUT2D eigenvalue weighted by molar-refractivity contribution is 5.79. The van der Waals surface area contributed by atoms with Crippen molar-refractivity contribution in [2.24, 2.45) is 11.8 Å². The molecule has 2 saturated carbocycles. The number of hydrogen-bond acceptors (Lipinski definition) is 2. The number of aliphatic carboxylic acids is 1. The van der Waals surface area contributed by atoms with Crippen molar-refractivity contribution in [2.75, 3.05) is 0 Å². The van der Waals surface area contributed by atoms with Gasteiger partial charge in [0.1, 0.15) is 5.54 Å². The minimum atomic E-state index is -0.645. The topological polar surface area (TPSA) is 49.3 Å². The highest BCUT2D eigenvalue weighted by atomic mass is 16.4. The molecule has 15 heavy (non-hydrogen) atoms. The predicted octanol–water partition coefficient (Wildman–Crippen LogP) is 2.02. The van der Waals surface area contributed by atoms with E-state index in [1.807, 2.05) is 0 Å². The fourth-order valence-electron chi connectivity index (χ4n) is 2.62. The van der Waals surface area contributed by atoms with Gasteiger partial charge in [-0.1, -0.05) is 13.8 Å². The van der Waals surface area contributed by atoms with Crippen molar-refractivity contribution in [3.8, 4) is 0 Å². The molecule has 86 valence electrons. The van der Waals surface area contributed by atoms with Crippen LogP contribution in [-0.4, -0.2) is 22.7 Å². The summed E-state index contributed by atoms with van der Waals surface area (Å²) in [4.78, 5) is 11.4. The molecule has 3 unspecified atom stereocenters. The third kappa shape index (κ3) is 2.17. The Bertz CT molecular complexity index is 262. The van der Waals surface area contributed by atoms with Gasteiger partial charge in [0.2, 0.25) is 0 Å². The minimum Gasteiger partial charge on any atom is -0.480 e. The fourth-order valence-corrected chi connectivity index (χ4v) is 2.62. The van der Waals surface area contributed by atoms with Gasteiger partial charge in [-0.05, 0) is 43.9 Å². The Morgan fingerprint density at radius 3 is 2.40 bits per heavy atom. The van der Waals surface area contributed by atoms with E-state index in [9.17, 15) is 9.90 Å². The average molecular weight is 211 g/mol. The Morgan fingerprint density at radius 2 is 1.93 bits per heavy atom. The van der Waals surface area contributed by atoms with Crippen LogP contribution in [0.3, 0.4) is 0 Å². The molecule has 0 saturated heterocycles. The number of rotatable bonds is 3. The number of nitrogens with one attached hydrogen (secondary N) is 1. The van der Waals surface area contributed by atoms with Crippen LogP contribution in [0.15, 0.2) is 0 Å². The first-order chi connectivity index (χ1) is 7.03. The second-order valence-corrected chi connectivity index (χ2v) is 5.50. The first kappa shape index (κ1) is 10.9. The lowest BCUT2D eigenvalue weighted by molar-refractivity contribution is -0.147. The van der Waals surface area contributed by atoms with Gasteiger partial charge in [0.15, 0.2) is 0 Å². The number of carbonyl (C=O) groups is 1. The number of carboxylic acids is 1. The zero-order valence-electron chi connectivity index (χ0n) is 9.62. The van der Waals surface area contributed by atoms with E-state index >= 15 is 0 Å². The fraction of sp³-hybridized carbons (Fsp3) is 0.917. The van der Waals surface area contributed by atoms with Crippen LogP contribution >= 0.6 is 0 Å². The summed E-state index contributed by atoms with van der Waals surface area (Å²) in [6.07, 6.45) is 4.93. The summed E-state index contributed by atoms with van der Waals surface area (Å²) in [6.45, 7) is 4.41. The van der Waals surface area contributed by atoms with Crippen LogP contribution < -0.4 is 5.32 Å². The van der Waals surface area contributed by atoms with E-state index in [0.29, 0.717) is 17.9 Å². The average Bonchev–Trinajstić information content (AvgIpc) is 2.95. The van der Waals surface area contributed by atoms with Crippen LogP contribution in [0.25, 0.3) is 0 Å². The smallest absolute Gasteiger partial charge is 0.323 e. The van der Waals surface area contributed by atoms with E-state index in [0.717, 1.165) is 32.1 Å². The molecule has 0 heterocycles. The van der Waals surface area contributed by atoms with Crippen molar-refractivity contribution in [2.45, 2.75) is 57.5 Å². The molecule has 0 aromatic heterocycles. The molecule has 0 radical (unpaired) electrons. The number of carboxylic acid groups (broad SMARTS) is 1. The lowest BCUT2D eigenvalue weighted by atomic mass is 9.71. The molecule has 3 heteroatoms. The summed E-state index contributed by atoms with van der Waals surface area (Å²) in [5.74, 6) is 0.535. The van der Waals surface area contributed by atoms with Crippen LogP contribution in [0, 0.1) is 11.8 Å². The van der Waals surface area contributed by atoms with Crippen molar-refractivity contribution in [1.82, 2.24) is 5.32 Å². The van der Waals surface area contributed by atoms with Crippen LogP contribution in [0.5, 0.6) is 0 Å². The Balaban J connectivity index is 2.08. The lowest BCUT2D eigenvalue weighted by Crippen LogP contribution is -2.56. The van der Waals surface area contributed by atoms with Gasteiger partial charge in [-0.15, -0.1) is 0 Å². The molecule has 2 rings (SSSR count). The van der Waals surface area contributed by atoms with Crippen molar-refractivity contribution in [3.63, 3.8) is 0 Å². The maximum Gasteiger partial charge on any atom is 0.323 e. The molecular weight excluding hydrogens is 190 g/mol.